The lowest BCUT2D eigenvalue weighted by atomic mass is 9.91. The minimum atomic E-state index is -0.690. The molecule has 0 saturated carbocycles. The first-order valence-corrected chi connectivity index (χ1v) is 6.17. The lowest BCUT2D eigenvalue weighted by molar-refractivity contribution is -0.141. The lowest BCUT2D eigenvalue weighted by Gasteiger charge is -2.40. The molecular weight excluding hydrogens is 214 g/mol. The van der Waals surface area contributed by atoms with E-state index in [0.717, 1.165) is 26.1 Å². The molecule has 0 amide bonds. The van der Waals surface area contributed by atoms with Crippen LogP contribution in [0.3, 0.4) is 0 Å². The van der Waals surface area contributed by atoms with Crippen molar-refractivity contribution in [2.45, 2.75) is 19.3 Å². The summed E-state index contributed by atoms with van der Waals surface area (Å²) in [5, 5.41) is 8.80. The Hall–Kier alpha value is -1.35. The predicted molar refractivity (Wildman–Crippen MR) is 67.0 cm³/mol. The first-order valence-electron chi connectivity index (χ1n) is 6.17. The van der Waals surface area contributed by atoms with Gasteiger partial charge in [0.2, 0.25) is 0 Å². The summed E-state index contributed by atoms with van der Waals surface area (Å²) >= 11 is 0. The highest BCUT2D eigenvalue weighted by Crippen LogP contribution is 2.26. The Labute approximate surface area is 102 Å². The Balaban J connectivity index is 1.71. The van der Waals surface area contributed by atoms with Crippen molar-refractivity contribution in [2.75, 3.05) is 19.6 Å². The fourth-order valence-corrected chi connectivity index (χ4v) is 2.19. The van der Waals surface area contributed by atoms with Crippen LogP contribution in [-0.2, 0) is 4.79 Å². The van der Waals surface area contributed by atoms with Crippen molar-refractivity contribution in [3.05, 3.63) is 35.9 Å². The third-order valence-corrected chi connectivity index (χ3v) is 3.53. The van der Waals surface area contributed by atoms with E-state index in [2.05, 4.69) is 29.2 Å². The molecule has 2 rings (SSSR count). The minimum absolute atomic E-state index is 0.231. The molecule has 1 atom stereocenters. The number of likely N-dealkylation sites (tertiary alicyclic amines) is 1. The van der Waals surface area contributed by atoms with Crippen LogP contribution in [0.1, 0.15) is 24.8 Å². The molecule has 0 bridgehead atoms. The second kappa shape index (κ2) is 5.32. The zero-order chi connectivity index (χ0) is 12.3. The molecule has 1 unspecified atom stereocenters. The quantitative estimate of drug-likeness (QED) is 0.847. The first kappa shape index (κ1) is 12.1. The maximum atomic E-state index is 10.7. The summed E-state index contributed by atoms with van der Waals surface area (Å²) in [6, 6.07) is 10.5. The fraction of sp³-hybridized carbons (Fsp3) is 0.500. The van der Waals surface area contributed by atoms with E-state index >= 15 is 0 Å². The summed E-state index contributed by atoms with van der Waals surface area (Å²) in [6.45, 7) is 4.81. The van der Waals surface area contributed by atoms with E-state index < -0.39 is 5.97 Å². The van der Waals surface area contributed by atoms with E-state index in [4.69, 9.17) is 5.11 Å². The molecule has 1 heterocycles. The summed E-state index contributed by atoms with van der Waals surface area (Å²) in [5.74, 6) is -0.285. The molecule has 3 heteroatoms. The highest BCUT2D eigenvalue weighted by molar-refractivity contribution is 5.69. The standard InChI is InChI=1S/C14H19NO2/c1-11(14(16)17)7-8-15-9-13(10-15)12-5-3-2-4-6-12/h2-6,11,13H,7-10H2,1H3,(H,16,17). The van der Waals surface area contributed by atoms with Crippen LogP contribution < -0.4 is 0 Å². The summed E-state index contributed by atoms with van der Waals surface area (Å²) in [6.07, 6.45) is 0.747. The molecule has 17 heavy (non-hydrogen) atoms. The molecule has 3 nitrogen and oxygen atoms in total. The maximum absolute atomic E-state index is 10.7. The summed E-state index contributed by atoms with van der Waals surface area (Å²) < 4.78 is 0. The van der Waals surface area contributed by atoms with E-state index in [1.807, 2.05) is 6.07 Å². The van der Waals surface area contributed by atoms with Crippen LogP contribution in [0.2, 0.25) is 0 Å². The van der Waals surface area contributed by atoms with Gasteiger partial charge in [-0.1, -0.05) is 37.3 Å². The predicted octanol–water partition coefficient (Wildman–Crippen LogP) is 2.20. The van der Waals surface area contributed by atoms with Crippen LogP contribution in [0.15, 0.2) is 30.3 Å². The average molecular weight is 233 g/mol. The van der Waals surface area contributed by atoms with Crippen LogP contribution in [0.4, 0.5) is 0 Å². The zero-order valence-corrected chi connectivity index (χ0v) is 10.2. The molecule has 1 aromatic rings. The van der Waals surface area contributed by atoms with Crippen LogP contribution in [0.5, 0.6) is 0 Å². The largest absolute Gasteiger partial charge is 0.481 e. The Morgan fingerprint density at radius 3 is 2.65 bits per heavy atom. The Morgan fingerprint density at radius 1 is 1.41 bits per heavy atom. The van der Waals surface area contributed by atoms with Crippen LogP contribution in [0.25, 0.3) is 0 Å². The Bertz CT molecular complexity index is 371. The number of nitrogens with zero attached hydrogens (tertiary/aromatic N) is 1. The number of hydrogen-bond donors (Lipinski definition) is 1. The van der Waals surface area contributed by atoms with Crippen molar-refractivity contribution in [3.8, 4) is 0 Å². The summed E-state index contributed by atoms with van der Waals surface area (Å²) in [4.78, 5) is 13.0. The maximum Gasteiger partial charge on any atom is 0.306 e. The number of rotatable bonds is 5. The fourth-order valence-electron chi connectivity index (χ4n) is 2.19. The molecule has 0 radical (unpaired) electrons. The molecule has 1 fully saturated rings. The normalized spacial score (nSPS) is 18.6. The van der Waals surface area contributed by atoms with Gasteiger partial charge in [0, 0.05) is 19.0 Å². The van der Waals surface area contributed by atoms with Gasteiger partial charge >= 0.3 is 5.97 Å². The number of carboxylic acid groups (broad SMARTS) is 1. The van der Waals surface area contributed by atoms with Gasteiger partial charge < -0.3 is 10.0 Å². The van der Waals surface area contributed by atoms with E-state index in [9.17, 15) is 4.79 Å². The molecule has 1 aliphatic rings. The van der Waals surface area contributed by atoms with Gasteiger partial charge in [0.15, 0.2) is 0 Å². The van der Waals surface area contributed by atoms with Gasteiger partial charge in [-0.3, -0.25) is 4.79 Å². The molecule has 92 valence electrons. The average Bonchev–Trinajstić information content (AvgIpc) is 2.28. The SMILES string of the molecule is CC(CCN1CC(c2ccccc2)C1)C(=O)O. The topological polar surface area (TPSA) is 40.5 Å². The highest BCUT2D eigenvalue weighted by Gasteiger charge is 2.28. The third kappa shape index (κ3) is 3.07. The molecule has 0 spiro atoms. The van der Waals surface area contributed by atoms with E-state index in [1.165, 1.54) is 5.56 Å². The van der Waals surface area contributed by atoms with Gasteiger partial charge in [-0.2, -0.15) is 0 Å². The molecule has 1 N–H and O–H groups in total. The van der Waals surface area contributed by atoms with E-state index in [0.29, 0.717) is 5.92 Å². The van der Waals surface area contributed by atoms with Crippen molar-refractivity contribution < 1.29 is 9.90 Å². The van der Waals surface area contributed by atoms with Gasteiger partial charge in [0.1, 0.15) is 0 Å². The molecule has 0 aromatic heterocycles. The number of aliphatic carboxylic acids is 1. The smallest absolute Gasteiger partial charge is 0.306 e. The van der Waals surface area contributed by atoms with Crippen molar-refractivity contribution in [1.82, 2.24) is 4.90 Å². The van der Waals surface area contributed by atoms with Crippen LogP contribution in [-0.4, -0.2) is 35.6 Å². The monoisotopic (exact) mass is 233 g/mol. The van der Waals surface area contributed by atoms with Gasteiger partial charge in [-0.15, -0.1) is 0 Å². The van der Waals surface area contributed by atoms with Gasteiger partial charge in [0.25, 0.3) is 0 Å². The van der Waals surface area contributed by atoms with E-state index in [-0.39, 0.29) is 5.92 Å². The van der Waals surface area contributed by atoms with Gasteiger partial charge in [-0.25, -0.2) is 0 Å². The van der Waals surface area contributed by atoms with Crippen molar-refractivity contribution in [3.63, 3.8) is 0 Å². The van der Waals surface area contributed by atoms with Crippen LogP contribution >= 0.6 is 0 Å². The first-order chi connectivity index (χ1) is 8.16. The van der Waals surface area contributed by atoms with Gasteiger partial charge in [0.05, 0.1) is 5.92 Å². The van der Waals surface area contributed by atoms with Crippen LogP contribution in [0, 0.1) is 5.92 Å². The van der Waals surface area contributed by atoms with Gasteiger partial charge in [-0.05, 0) is 18.5 Å². The third-order valence-electron chi connectivity index (χ3n) is 3.53. The number of carbonyl (C=O) groups is 1. The number of carboxylic acids is 1. The number of benzene rings is 1. The van der Waals surface area contributed by atoms with Crippen molar-refractivity contribution in [1.29, 1.82) is 0 Å². The summed E-state index contributed by atoms with van der Waals surface area (Å²) in [7, 11) is 0. The highest BCUT2D eigenvalue weighted by atomic mass is 16.4. The molecule has 1 saturated heterocycles. The molecule has 1 aliphatic heterocycles. The summed E-state index contributed by atoms with van der Waals surface area (Å²) in [5.41, 5.74) is 1.40. The Kier molecular flexibility index (Phi) is 3.79. The molecule has 1 aromatic carbocycles. The molecule has 0 aliphatic carbocycles. The molecular formula is C14H19NO2. The Morgan fingerprint density at radius 2 is 2.06 bits per heavy atom. The second-order valence-electron chi connectivity index (χ2n) is 4.90. The lowest BCUT2D eigenvalue weighted by Crippen LogP contribution is -2.45. The second-order valence-corrected chi connectivity index (χ2v) is 4.90. The van der Waals surface area contributed by atoms with E-state index in [1.54, 1.807) is 6.92 Å². The van der Waals surface area contributed by atoms with Crippen molar-refractivity contribution >= 4 is 5.97 Å². The zero-order valence-electron chi connectivity index (χ0n) is 10.2. The van der Waals surface area contributed by atoms with Crippen molar-refractivity contribution in [2.24, 2.45) is 5.92 Å². The minimum Gasteiger partial charge on any atom is -0.481 e. The number of hydrogen-bond acceptors (Lipinski definition) is 2.